The first-order chi connectivity index (χ1) is 17.7. The van der Waals surface area contributed by atoms with Gasteiger partial charge < -0.3 is 0 Å². The summed E-state index contributed by atoms with van der Waals surface area (Å²) in [4.78, 5) is 0. The van der Waals surface area contributed by atoms with Crippen LogP contribution in [-0.2, 0) is 4.52 Å². The predicted molar refractivity (Wildman–Crippen MR) is 163 cm³/mol. The van der Waals surface area contributed by atoms with E-state index < -0.39 is 27.0 Å². The zero-order valence-corrected chi connectivity index (χ0v) is 26.5. The molecule has 4 aliphatic heterocycles. The van der Waals surface area contributed by atoms with Gasteiger partial charge in [-0.25, -0.2) is 0 Å². The quantitative estimate of drug-likeness (QED) is 0.218. The van der Waals surface area contributed by atoms with Crippen molar-refractivity contribution in [2.45, 2.75) is 66.6 Å². The topological polar surface area (TPSA) is 9.23 Å². The fourth-order valence-electron chi connectivity index (χ4n) is 7.41. The molecule has 1 unspecified atom stereocenters. The van der Waals surface area contributed by atoms with Gasteiger partial charge >= 0.3 is 230 Å². The molecule has 4 aromatic carbocycles. The van der Waals surface area contributed by atoms with Crippen molar-refractivity contribution in [1.82, 2.24) is 0 Å². The van der Waals surface area contributed by atoms with Gasteiger partial charge in [0, 0.05) is 0 Å². The molecule has 2 atom stereocenters. The van der Waals surface area contributed by atoms with Crippen LogP contribution in [0.25, 0.3) is 0 Å². The standard InChI is InChI=1S/C34H36OP.Sb/c1-23-13-16-31(19-26(23)4)36(32-17-14-24(2)27(5)20-32,33-18-15-25(3)28(6)21-33)29(7)22-34(35-36)30-11-9-8-10-12-30;/h8-15,19-21,29,34H,22H2,1-7H3;/t29?,34-;/m1./s1. The molecule has 0 amide bonds. The molecule has 0 radical (unpaired) electrons. The summed E-state index contributed by atoms with van der Waals surface area (Å²) >= 11 is -2.24. The maximum absolute atomic E-state index is 7.99. The second kappa shape index (κ2) is 7.82. The third kappa shape index (κ3) is 2.79. The van der Waals surface area contributed by atoms with Gasteiger partial charge in [-0.1, -0.05) is 0 Å². The molecule has 0 aliphatic carbocycles. The van der Waals surface area contributed by atoms with Crippen molar-refractivity contribution in [3.63, 3.8) is 0 Å². The average molecular weight is 613 g/mol. The summed E-state index contributed by atoms with van der Waals surface area (Å²) in [5.41, 5.74) is 10.2. The van der Waals surface area contributed by atoms with Crippen LogP contribution in [0.1, 0.15) is 58.4 Å². The second-order valence-electron chi connectivity index (χ2n) is 11.8. The Bertz CT molecular complexity index is 1490. The Morgan fingerprint density at radius 3 is 1.46 bits per heavy atom. The number of aryl methyl sites for hydroxylation is 6. The summed E-state index contributed by atoms with van der Waals surface area (Å²) < 4.78 is 13.0. The average Bonchev–Trinajstić information content (AvgIpc) is 3.18. The Hall–Kier alpha value is -1.91. The Balaban J connectivity index is 1.70. The van der Waals surface area contributed by atoms with E-state index in [1.54, 1.807) is 26.4 Å². The van der Waals surface area contributed by atoms with Crippen molar-refractivity contribution in [2.75, 3.05) is 0 Å². The van der Waals surface area contributed by atoms with Crippen LogP contribution in [0.4, 0.5) is 0 Å². The van der Waals surface area contributed by atoms with Gasteiger partial charge in [0.05, 0.1) is 0 Å². The van der Waals surface area contributed by atoms with E-state index in [2.05, 4.69) is 115 Å². The van der Waals surface area contributed by atoms with Gasteiger partial charge in [-0.15, -0.1) is 0 Å². The van der Waals surface area contributed by atoms with Crippen LogP contribution in [0, 0.1) is 41.5 Å². The number of hydrogen-bond acceptors (Lipinski definition) is 1. The Morgan fingerprint density at radius 1 is 0.622 bits per heavy atom. The molecule has 0 aromatic heterocycles. The SMILES string of the molecule is Cc1c[c]2c(cc1C)P13(O[C@@H](c4ccccc4)CC1C)c1cc(C)c(C)c[c]1[Sb]2[c]1cc(C)c(C)cc13. The molecule has 0 N–H and O–H groups in total. The first-order valence-electron chi connectivity index (χ1n) is 13.6. The van der Waals surface area contributed by atoms with Crippen LogP contribution in [0.2, 0.25) is 0 Å². The normalized spacial score (nSPS) is 23.3. The molecule has 2 bridgehead atoms. The van der Waals surface area contributed by atoms with E-state index in [-0.39, 0.29) is 6.10 Å². The van der Waals surface area contributed by atoms with Gasteiger partial charge in [0.25, 0.3) is 0 Å². The van der Waals surface area contributed by atoms with E-state index in [1.807, 2.05) is 0 Å². The molecular formula is C34H36OPSb. The summed E-state index contributed by atoms with van der Waals surface area (Å²) in [6.45, 7) is 13.1. The van der Waals surface area contributed by atoms with Crippen LogP contribution in [-0.4, -0.2) is 25.9 Å². The van der Waals surface area contributed by atoms with E-state index >= 15 is 0 Å². The third-order valence-electron chi connectivity index (χ3n) is 9.84. The Labute approximate surface area is 229 Å². The molecular weight excluding hydrogens is 577 g/mol. The molecule has 8 rings (SSSR count). The molecule has 1 spiro atoms. The molecule has 3 heteroatoms. The monoisotopic (exact) mass is 612 g/mol. The van der Waals surface area contributed by atoms with E-state index in [9.17, 15) is 0 Å². The van der Waals surface area contributed by atoms with Crippen molar-refractivity contribution in [2.24, 2.45) is 0 Å². The molecule has 0 saturated carbocycles. The minimum atomic E-state index is -3.24. The van der Waals surface area contributed by atoms with E-state index in [0.29, 0.717) is 5.66 Å². The molecule has 37 heavy (non-hydrogen) atoms. The second-order valence-corrected chi connectivity index (χ2v) is 22.6. The van der Waals surface area contributed by atoms with Gasteiger partial charge in [-0.3, -0.25) is 0 Å². The van der Waals surface area contributed by atoms with Gasteiger partial charge in [-0.2, -0.15) is 0 Å². The van der Waals surface area contributed by atoms with Gasteiger partial charge in [0.15, 0.2) is 0 Å². The summed E-state index contributed by atoms with van der Waals surface area (Å²) in [6.07, 6.45) is 1.17. The molecule has 188 valence electrons. The van der Waals surface area contributed by atoms with Crippen LogP contribution in [0.15, 0.2) is 66.7 Å². The van der Waals surface area contributed by atoms with Crippen molar-refractivity contribution in [3.05, 3.63) is 106 Å². The molecule has 4 heterocycles. The fourth-order valence-corrected chi connectivity index (χ4v) is 29.0. The van der Waals surface area contributed by atoms with Gasteiger partial charge in [0.2, 0.25) is 0 Å². The van der Waals surface area contributed by atoms with Gasteiger partial charge in [-0.05, 0) is 0 Å². The van der Waals surface area contributed by atoms with Crippen molar-refractivity contribution in [1.29, 1.82) is 0 Å². The number of hydrogen-bond donors (Lipinski definition) is 0. The Morgan fingerprint density at radius 2 is 1.03 bits per heavy atom. The van der Waals surface area contributed by atoms with E-state index in [1.165, 1.54) is 38.9 Å². The molecule has 4 aliphatic rings. The van der Waals surface area contributed by atoms with Crippen molar-refractivity contribution < 1.29 is 4.52 Å². The predicted octanol–water partition coefficient (Wildman–Crippen LogP) is 4.97. The summed E-state index contributed by atoms with van der Waals surface area (Å²) in [6, 6.07) is 26.5. The van der Waals surface area contributed by atoms with Crippen molar-refractivity contribution >= 4 is 53.5 Å². The molecule has 1 fully saturated rings. The summed E-state index contributed by atoms with van der Waals surface area (Å²) in [5.74, 6) is 0. The first-order valence-corrected chi connectivity index (χ1v) is 19.6. The zero-order valence-electron chi connectivity index (χ0n) is 23.0. The summed E-state index contributed by atoms with van der Waals surface area (Å²) in [7, 11) is 0. The minimum absolute atomic E-state index is 0.105. The summed E-state index contributed by atoms with van der Waals surface area (Å²) in [5, 5.41) is 4.78. The van der Waals surface area contributed by atoms with E-state index in [4.69, 9.17) is 4.52 Å². The Kier molecular flexibility index (Phi) is 5.10. The first kappa shape index (κ1) is 24.2. The zero-order chi connectivity index (χ0) is 25.9. The number of rotatable bonds is 1. The maximum atomic E-state index is 7.99. The molecule has 4 aromatic rings. The third-order valence-corrected chi connectivity index (χ3v) is 25.3. The van der Waals surface area contributed by atoms with Crippen LogP contribution in [0.3, 0.4) is 0 Å². The van der Waals surface area contributed by atoms with Crippen LogP contribution >= 0.6 is 6.83 Å². The fraction of sp³-hybridized carbons (Fsp3) is 0.294. The number of benzene rings is 4. The molecule has 1 saturated heterocycles. The van der Waals surface area contributed by atoms with E-state index in [0.717, 1.165) is 6.42 Å². The van der Waals surface area contributed by atoms with Crippen LogP contribution < -0.4 is 26.4 Å². The van der Waals surface area contributed by atoms with Crippen LogP contribution in [0.5, 0.6) is 0 Å². The molecule has 1 nitrogen and oxygen atoms in total. The van der Waals surface area contributed by atoms with Gasteiger partial charge in [0.1, 0.15) is 0 Å². The van der Waals surface area contributed by atoms with Crippen molar-refractivity contribution in [3.8, 4) is 0 Å².